The van der Waals surface area contributed by atoms with Gasteiger partial charge in [0, 0.05) is 9.86 Å². The minimum absolute atomic E-state index is 0.0545. The number of hydrogen-bond donors (Lipinski definition) is 1. The van der Waals surface area contributed by atoms with Crippen LogP contribution in [0.2, 0.25) is 0 Å². The van der Waals surface area contributed by atoms with Crippen LogP contribution < -0.4 is 5.73 Å². The summed E-state index contributed by atoms with van der Waals surface area (Å²) < 4.78 is 6.71. The van der Waals surface area contributed by atoms with Crippen LogP contribution >= 0.6 is 15.9 Å². The van der Waals surface area contributed by atoms with Crippen LogP contribution in [-0.2, 0) is 0 Å². The Morgan fingerprint density at radius 2 is 2.14 bits per heavy atom. The first-order valence-electron chi connectivity index (χ1n) is 4.53. The van der Waals surface area contributed by atoms with Crippen LogP contribution in [0, 0.1) is 6.92 Å². The highest BCUT2D eigenvalue weighted by molar-refractivity contribution is 9.10. The summed E-state index contributed by atoms with van der Waals surface area (Å²) in [6.45, 7) is 3.97. The van der Waals surface area contributed by atoms with Gasteiger partial charge in [-0.25, -0.2) is 0 Å². The van der Waals surface area contributed by atoms with Crippen LogP contribution in [0.5, 0.6) is 0 Å². The zero-order chi connectivity index (χ0) is 10.3. The third kappa shape index (κ3) is 1.47. The number of fused-ring (bicyclic) bond motifs is 1. The van der Waals surface area contributed by atoms with E-state index in [9.17, 15) is 0 Å². The van der Waals surface area contributed by atoms with Crippen molar-refractivity contribution in [1.82, 2.24) is 0 Å². The van der Waals surface area contributed by atoms with Crippen LogP contribution in [-0.4, -0.2) is 0 Å². The Kier molecular flexibility index (Phi) is 2.37. The van der Waals surface area contributed by atoms with E-state index < -0.39 is 0 Å². The minimum atomic E-state index is -0.0545. The van der Waals surface area contributed by atoms with Crippen molar-refractivity contribution in [3.63, 3.8) is 0 Å². The number of benzene rings is 1. The average Bonchev–Trinajstić information content (AvgIpc) is 2.43. The van der Waals surface area contributed by atoms with E-state index in [-0.39, 0.29) is 6.04 Å². The molecule has 1 heterocycles. The molecule has 0 aliphatic heterocycles. The van der Waals surface area contributed by atoms with Crippen molar-refractivity contribution in [3.05, 3.63) is 34.0 Å². The van der Waals surface area contributed by atoms with E-state index in [0.717, 1.165) is 26.8 Å². The van der Waals surface area contributed by atoms with Gasteiger partial charge in [0.1, 0.15) is 11.3 Å². The molecule has 2 aromatic rings. The summed E-state index contributed by atoms with van der Waals surface area (Å²) in [5, 5.41) is 1.14. The maximum atomic E-state index is 5.81. The number of hydrogen-bond acceptors (Lipinski definition) is 2. The van der Waals surface area contributed by atoms with Crippen molar-refractivity contribution < 1.29 is 4.42 Å². The Labute approximate surface area is 91.2 Å². The fourth-order valence-corrected chi connectivity index (χ4v) is 1.99. The molecular weight excluding hydrogens is 242 g/mol. The largest absolute Gasteiger partial charge is 0.459 e. The molecule has 14 heavy (non-hydrogen) atoms. The molecule has 0 amide bonds. The molecular formula is C11H12BrNO. The Hall–Kier alpha value is -0.800. The predicted octanol–water partition coefficient (Wildman–Crippen LogP) is 3.52. The molecule has 1 aromatic heterocycles. The topological polar surface area (TPSA) is 39.2 Å². The molecule has 0 fully saturated rings. The lowest BCUT2D eigenvalue weighted by molar-refractivity contribution is 0.509. The molecule has 1 unspecified atom stereocenters. The van der Waals surface area contributed by atoms with E-state index in [1.54, 1.807) is 0 Å². The van der Waals surface area contributed by atoms with Crippen molar-refractivity contribution in [3.8, 4) is 0 Å². The fourth-order valence-electron chi connectivity index (χ4n) is 1.65. The number of aryl methyl sites for hydroxylation is 1. The van der Waals surface area contributed by atoms with Gasteiger partial charge in [-0.2, -0.15) is 0 Å². The maximum Gasteiger partial charge on any atom is 0.135 e. The van der Waals surface area contributed by atoms with E-state index in [0.29, 0.717) is 0 Å². The lowest BCUT2D eigenvalue weighted by Gasteiger charge is -2.00. The normalized spacial score (nSPS) is 13.4. The van der Waals surface area contributed by atoms with Crippen molar-refractivity contribution in [2.45, 2.75) is 19.9 Å². The van der Waals surface area contributed by atoms with Crippen LogP contribution in [0.4, 0.5) is 0 Å². The summed E-state index contributed by atoms with van der Waals surface area (Å²) in [4.78, 5) is 0. The molecule has 0 saturated carbocycles. The van der Waals surface area contributed by atoms with Crippen molar-refractivity contribution >= 4 is 26.9 Å². The molecule has 1 aromatic carbocycles. The van der Waals surface area contributed by atoms with Gasteiger partial charge < -0.3 is 10.2 Å². The van der Waals surface area contributed by atoms with Crippen LogP contribution in [0.25, 0.3) is 11.0 Å². The summed E-state index contributed by atoms with van der Waals surface area (Å²) in [6, 6.07) is 5.97. The lowest BCUT2D eigenvalue weighted by Crippen LogP contribution is -2.04. The highest BCUT2D eigenvalue weighted by atomic mass is 79.9. The zero-order valence-corrected chi connectivity index (χ0v) is 9.76. The zero-order valence-electron chi connectivity index (χ0n) is 8.17. The molecule has 0 bridgehead atoms. The first kappa shape index (κ1) is 9.74. The van der Waals surface area contributed by atoms with Gasteiger partial charge in [0.15, 0.2) is 0 Å². The number of rotatable bonds is 1. The van der Waals surface area contributed by atoms with Crippen molar-refractivity contribution in [1.29, 1.82) is 0 Å². The monoisotopic (exact) mass is 253 g/mol. The van der Waals surface area contributed by atoms with Gasteiger partial charge in [-0.3, -0.25) is 0 Å². The number of nitrogens with two attached hydrogens (primary N) is 1. The summed E-state index contributed by atoms with van der Waals surface area (Å²) in [6.07, 6.45) is 0. The second kappa shape index (κ2) is 3.41. The summed E-state index contributed by atoms with van der Waals surface area (Å²) in [5.41, 5.74) is 7.84. The molecule has 2 rings (SSSR count). The van der Waals surface area contributed by atoms with E-state index in [2.05, 4.69) is 15.9 Å². The van der Waals surface area contributed by atoms with E-state index >= 15 is 0 Å². The average molecular weight is 254 g/mol. The molecule has 0 spiro atoms. The van der Waals surface area contributed by atoms with Crippen LogP contribution in [0.3, 0.4) is 0 Å². The first-order valence-corrected chi connectivity index (χ1v) is 5.33. The first-order chi connectivity index (χ1) is 6.59. The van der Waals surface area contributed by atoms with Gasteiger partial charge in [0.25, 0.3) is 0 Å². The molecule has 1 atom stereocenters. The van der Waals surface area contributed by atoms with E-state index in [1.165, 1.54) is 0 Å². The lowest BCUT2D eigenvalue weighted by atomic mass is 10.1. The quantitative estimate of drug-likeness (QED) is 0.845. The van der Waals surface area contributed by atoms with E-state index in [1.807, 2.05) is 32.0 Å². The van der Waals surface area contributed by atoms with Gasteiger partial charge in [-0.15, -0.1) is 0 Å². The van der Waals surface area contributed by atoms with Gasteiger partial charge in [-0.1, -0.05) is 15.9 Å². The standard InChI is InChI=1S/C11H12BrNO/c1-6-9-4-3-8(12)5-10(9)14-11(6)7(2)13/h3-5,7H,13H2,1-2H3. The highest BCUT2D eigenvalue weighted by Crippen LogP contribution is 2.30. The van der Waals surface area contributed by atoms with Gasteiger partial charge >= 0.3 is 0 Å². The second-order valence-electron chi connectivity index (χ2n) is 3.52. The van der Waals surface area contributed by atoms with Crippen molar-refractivity contribution in [2.75, 3.05) is 0 Å². The Balaban J connectivity index is 2.73. The Bertz CT molecular complexity index is 473. The van der Waals surface area contributed by atoms with Crippen molar-refractivity contribution in [2.24, 2.45) is 5.73 Å². The van der Waals surface area contributed by atoms with Gasteiger partial charge in [0.05, 0.1) is 6.04 Å². The summed E-state index contributed by atoms with van der Waals surface area (Å²) in [5.74, 6) is 0.873. The number of halogens is 1. The van der Waals surface area contributed by atoms with E-state index in [4.69, 9.17) is 10.2 Å². The molecule has 2 nitrogen and oxygen atoms in total. The molecule has 2 N–H and O–H groups in total. The Morgan fingerprint density at radius 3 is 2.79 bits per heavy atom. The molecule has 0 aliphatic carbocycles. The minimum Gasteiger partial charge on any atom is -0.459 e. The second-order valence-corrected chi connectivity index (χ2v) is 4.44. The third-order valence-corrected chi connectivity index (χ3v) is 2.84. The molecule has 0 radical (unpaired) electrons. The molecule has 0 saturated heterocycles. The summed E-state index contributed by atoms with van der Waals surface area (Å²) >= 11 is 3.41. The van der Waals surface area contributed by atoms with Gasteiger partial charge in [-0.05, 0) is 37.6 Å². The smallest absolute Gasteiger partial charge is 0.135 e. The molecule has 0 aliphatic rings. The van der Waals surface area contributed by atoms with Crippen LogP contribution in [0.15, 0.2) is 27.1 Å². The SMILES string of the molecule is Cc1c(C(C)N)oc2cc(Br)ccc12. The molecule has 74 valence electrons. The number of furan rings is 1. The fraction of sp³-hybridized carbons (Fsp3) is 0.273. The Morgan fingerprint density at radius 1 is 1.43 bits per heavy atom. The van der Waals surface area contributed by atoms with Crippen LogP contribution in [0.1, 0.15) is 24.3 Å². The van der Waals surface area contributed by atoms with Gasteiger partial charge in [0.2, 0.25) is 0 Å². The maximum absolute atomic E-state index is 5.81. The predicted molar refractivity (Wildman–Crippen MR) is 61.3 cm³/mol. The third-order valence-electron chi connectivity index (χ3n) is 2.35. The summed E-state index contributed by atoms with van der Waals surface area (Å²) in [7, 11) is 0. The molecule has 3 heteroatoms. The highest BCUT2D eigenvalue weighted by Gasteiger charge is 2.13.